The average Bonchev–Trinajstić information content (AvgIpc) is 3.16. The predicted octanol–water partition coefficient (Wildman–Crippen LogP) is 2.30. The van der Waals surface area contributed by atoms with Gasteiger partial charge in [0, 0.05) is 37.6 Å². The van der Waals surface area contributed by atoms with Crippen LogP contribution in [0.25, 0.3) is 10.9 Å². The van der Waals surface area contributed by atoms with E-state index >= 15 is 0 Å². The summed E-state index contributed by atoms with van der Waals surface area (Å²) in [7, 11) is 1.61. The number of nitriles is 1. The highest BCUT2D eigenvalue weighted by Gasteiger charge is 2.24. The smallest absolute Gasteiger partial charge is 0.228 e. The number of carbonyl (C=O) groups is 1. The Morgan fingerprint density at radius 3 is 2.69 bits per heavy atom. The van der Waals surface area contributed by atoms with Crippen molar-refractivity contribution in [2.75, 3.05) is 38.2 Å². The van der Waals surface area contributed by atoms with E-state index in [2.05, 4.69) is 16.1 Å². The molecule has 1 amide bonds. The summed E-state index contributed by atoms with van der Waals surface area (Å²) in [4.78, 5) is 21.1. The van der Waals surface area contributed by atoms with Gasteiger partial charge in [0.05, 0.1) is 30.3 Å². The maximum Gasteiger partial charge on any atom is 0.228 e. The van der Waals surface area contributed by atoms with Gasteiger partial charge in [-0.2, -0.15) is 5.26 Å². The van der Waals surface area contributed by atoms with Gasteiger partial charge in [-0.3, -0.25) is 4.79 Å². The van der Waals surface area contributed by atoms with Gasteiger partial charge in [0.2, 0.25) is 5.91 Å². The van der Waals surface area contributed by atoms with E-state index in [4.69, 9.17) is 14.2 Å². The van der Waals surface area contributed by atoms with Crippen molar-refractivity contribution in [3.63, 3.8) is 0 Å². The molecule has 148 valence electrons. The van der Waals surface area contributed by atoms with E-state index in [9.17, 15) is 10.1 Å². The second-order valence-electron chi connectivity index (χ2n) is 7.00. The second-order valence-corrected chi connectivity index (χ2v) is 7.00. The topological polar surface area (TPSA) is 95.5 Å². The number of carbonyl (C=O) groups excluding carboxylic acids is 1. The van der Waals surface area contributed by atoms with Gasteiger partial charge in [0.25, 0.3) is 0 Å². The fraction of sp³-hybridized carbons (Fsp3) is 0.333. The fourth-order valence-electron chi connectivity index (χ4n) is 3.53. The largest absolute Gasteiger partial charge is 0.497 e. The Balaban J connectivity index is 1.48. The van der Waals surface area contributed by atoms with E-state index in [0.29, 0.717) is 49.0 Å². The van der Waals surface area contributed by atoms with Gasteiger partial charge in [-0.15, -0.1) is 0 Å². The molecule has 2 aromatic heterocycles. The molecule has 1 aromatic carbocycles. The minimum absolute atomic E-state index is 0.0250. The van der Waals surface area contributed by atoms with Crippen molar-refractivity contribution in [2.24, 2.45) is 0 Å². The lowest BCUT2D eigenvalue weighted by Crippen LogP contribution is -2.49. The first-order valence-electron chi connectivity index (χ1n) is 9.41. The summed E-state index contributed by atoms with van der Waals surface area (Å²) in [6, 6.07) is 11.5. The maximum atomic E-state index is 12.5. The Labute approximate surface area is 168 Å². The predicted molar refractivity (Wildman–Crippen MR) is 107 cm³/mol. The molecule has 1 saturated heterocycles. The highest BCUT2D eigenvalue weighted by Crippen LogP contribution is 2.27. The monoisotopic (exact) mass is 391 g/mol. The van der Waals surface area contributed by atoms with E-state index in [1.54, 1.807) is 20.1 Å². The molecule has 4 rings (SSSR count). The minimum Gasteiger partial charge on any atom is -0.497 e. The maximum absolute atomic E-state index is 12.5. The number of aryl methyl sites for hydroxylation is 1. The Morgan fingerprint density at radius 2 is 2.03 bits per heavy atom. The standard InChI is InChI=1S/C21H21N5O3/c1-14-9-17(24-29-14)12-20(27)25-5-7-26(8-6-25)21-16(13-22)10-15-11-18(28-2)3-4-19(15)23-21/h3-4,9-11H,5-8,12H2,1-2H3. The first-order chi connectivity index (χ1) is 14.1. The van der Waals surface area contributed by atoms with Crippen LogP contribution in [-0.2, 0) is 11.2 Å². The van der Waals surface area contributed by atoms with Gasteiger partial charge in [-0.1, -0.05) is 5.16 Å². The van der Waals surface area contributed by atoms with E-state index in [-0.39, 0.29) is 12.3 Å². The van der Waals surface area contributed by atoms with Crippen LogP contribution in [-0.4, -0.2) is 54.2 Å². The van der Waals surface area contributed by atoms with Crippen molar-refractivity contribution in [2.45, 2.75) is 13.3 Å². The molecule has 0 unspecified atom stereocenters. The van der Waals surface area contributed by atoms with Crippen LogP contribution in [0.15, 0.2) is 34.9 Å². The van der Waals surface area contributed by atoms with Crippen LogP contribution in [0.5, 0.6) is 5.75 Å². The molecule has 1 aliphatic rings. The molecule has 0 saturated carbocycles. The Bertz CT molecular complexity index is 1090. The number of benzene rings is 1. The number of pyridine rings is 1. The van der Waals surface area contributed by atoms with E-state index in [0.717, 1.165) is 16.7 Å². The molecular formula is C21H21N5O3. The summed E-state index contributed by atoms with van der Waals surface area (Å²) in [6.07, 6.45) is 0.233. The normalized spacial score (nSPS) is 14.1. The summed E-state index contributed by atoms with van der Waals surface area (Å²) < 4.78 is 10.3. The van der Waals surface area contributed by atoms with Crippen molar-refractivity contribution in [3.8, 4) is 11.8 Å². The third-order valence-electron chi connectivity index (χ3n) is 5.06. The second kappa shape index (κ2) is 7.80. The van der Waals surface area contributed by atoms with Crippen molar-refractivity contribution >= 4 is 22.6 Å². The SMILES string of the molecule is COc1ccc2nc(N3CCN(C(=O)Cc4cc(C)on4)CC3)c(C#N)cc2c1. The molecule has 8 heteroatoms. The molecule has 0 aliphatic carbocycles. The van der Waals surface area contributed by atoms with Crippen LogP contribution in [0, 0.1) is 18.3 Å². The average molecular weight is 391 g/mol. The van der Waals surface area contributed by atoms with Crippen LogP contribution in [0.3, 0.4) is 0 Å². The Hall–Kier alpha value is -3.60. The number of piperazine rings is 1. The number of hydrogen-bond acceptors (Lipinski definition) is 7. The van der Waals surface area contributed by atoms with Crippen molar-refractivity contribution in [3.05, 3.63) is 47.3 Å². The minimum atomic E-state index is 0.0250. The molecule has 0 spiro atoms. The van der Waals surface area contributed by atoms with Crippen molar-refractivity contribution in [1.82, 2.24) is 15.0 Å². The number of methoxy groups -OCH3 is 1. The zero-order chi connectivity index (χ0) is 20.4. The van der Waals surface area contributed by atoms with Crippen molar-refractivity contribution in [1.29, 1.82) is 5.26 Å². The lowest BCUT2D eigenvalue weighted by molar-refractivity contribution is -0.130. The zero-order valence-electron chi connectivity index (χ0n) is 16.4. The Kier molecular flexibility index (Phi) is 5.04. The van der Waals surface area contributed by atoms with Gasteiger partial charge in [0.15, 0.2) is 0 Å². The Morgan fingerprint density at radius 1 is 1.24 bits per heavy atom. The highest BCUT2D eigenvalue weighted by molar-refractivity contribution is 5.84. The summed E-state index contributed by atoms with van der Waals surface area (Å²) >= 11 is 0. The first-order valence-corrected chi connectivity index (χ1v) is 9.41. The van der Waals surface area contributed by atoms with Crippen LogP contribution in [0.1, 0.15) is 17.0 Å². The third-order valence-corrected chi connectivity index (χ3v) is 5.06. The van der Waals surface area contributed by atoms with Gasteiger partial charge in [0.1, 0.15) is 23.4 Å². The van der Waals surface area contributed by atoms with E-state index in [1.807, 2.05) is 29.2 Å². The molecule has 1 aliphatic heterocycles. The molecule has 3 heterocycles. The summed E-state index contributed by atoms with van der Waals surface area (Å²) in [5.41, 5.74) is 1.97. The first kappa shape index (κ1) is 18.7. The molecular weight excluding hydrogens is 370 g/mol. The van der Waals surface area contributed by atoms with E-state index < -0.39 is 0 Å². The van der Waals surface area contributed by atoms with Crippen LogP contribution in [0.2, 0.25) is 0 Å². The molecule has 1 fully saturated rings. The summed E-state index contributed by atoms with van der Waals surface area (Å²) in [5, 5.41) is 14.4. The number of aromatic nitrogens is 2. The molecule has 0 radical (unpaired) electrons. The fourth-order valence-corrected chi connectivity index (χ4v) is 3.53. The molecule has 0 bridgehead atoms. The van der Waals surface area contributed by atoms with Crippen LogP contribution in [0.4, 0.5) is 5.82 Å². The molecule has 3 aromatic rings. The van der Waals surface area contributed by atoms with E-state index in [1.165, 1.54) is 0 Å². The lowest BCUT2D eigenvalue weighted by atomic mass is 10.1. The highest BCUT2D eigenvalue weighted by atomic mass is 16.5. The third kappa shape index (κ3) is 3.85. The summed E-state index contributed by atoms with van der Waals surface area (Å²) in [6.45, 7) is 4.19. The molecule has 0 atom stereocenters. The van der Waals surface area contributed by atoms with Gasteiger partial charge < -0.3 is 19.1 Å². The number of ether oxygens (including phenoxy) is 1. The number of hydrogen-bond donors (Lipinski definition) is 0. The summed E-state index contributed by atoms with van der Waals surface area (Å²) in [5.74, 6) is 2.11. The molecule has 8 nitrogen and oxygen atoms in total. The molecule has 0 N–H and O–H groups in total. The zero-order valence-corrected chi connectivity index (χ0v) is 16.4. The number of nitrogens with zero attached hydrogens (tertiary/aromatic N) is 5. The van der Waals surface area contributed by atoms with Gasteiger partial charge >= 0.3 is 0 Å². The van der Waals surface area contributed by atoms with Gasteiger partial charge in [-0.25, -0.2) is 4.98 Å². The number of rotatable bonds is 4. The van der Waals surface area contributed by atoms with Gasteiger partial charge in [-0.05, 0) is 31.2 Å². The van der Waals surface area contributed by atoms with Crippen LogP contribution >= 0.6 is 0 Å². The quantitative estimate of drug-likeness (QED) is 0.673. The van der Waals surface area contributed by atoms with Crippen LogP contribution < -0.4 is 9.64 Å². The molecule has 29 heavy (non-hydrogen) atoms. The number of amides is 1. The van der Waals surface area contributed by atoms with Crippen molar-refractivity contribution < 1.29 is 14.1 Å². The number of anilines is 1. The lowest BCUT2D eigenvalue weighted by Gasteiger charge is -2.35. The number of fused-ring (bicyclic) bond motifs is 1.